The Hall–Kier alpha value is -3.32. The molecule has 1 aromatic carbocycles. The van der Waals surface area contributed by atoms with Crippen molar-refractivity contribution < 1.29 is 32.2 Å². The van der Waals surface area contributed by atoms with Gasteiger partial charge in [-0.1, -0.05) is 0 Å². The third-order valence-corrected chi connectivity index (χ3v) is 6.73. The summed E-state index contributed by atoms with van der Waals surface area (Å²) in [7, 11) is 0. The Kier molecular flexibility index (Phi) is 6.90. The molecular weight excluding hydrogens is 507 g/mol. The van der Waals surface area contributed by atoms with Crippen LogP contribution >= 0.6 is 22.7 Å². The first-order chi connectivity index (χ1) is 16.6. The molecule has 0 bridgehead atoms. The number of alkyl halides is 3. The summed E-state index contributed by atoms with van der Waals surface area (Å²) in [5.74, 6) is -1.40. The van der Waals surface area contributed by atoms with Crippen LogP contribution in [-0.2, 0) is 38.2 Å². The van der Waals surface area contributed by atoms with Crippen LogP contribution < -0.4 is 5.56 Å². The Morgan fingerprint density at radius 1 is 1.20 bits per heavy atom. The van der Waals surface area contributed by atoms with Gasteiger partial charge in [0.05, 0.1) is 46.4 Å². The molecule has 0 saturated carbocycles. The molecule has 4 rings (SSSR count). The quantitative estimate of drug-likeness (QED) is 0.334. The number of halogens is 3. The van der Waals surface area contributed by atoms with Crippen LogP contribution in [0, 0.1) is 0 Å². The molecular formula is C22H18F3N3O5S2. The third kappa shape index (κ3) is 5.35. The number of carbonyl (C=O) groups excluding carboxylic acids is 2. The number of rotatable bonds is 7. The number of thiophene rings is 1. The summed E-state index contributed by atoms with van der Waals surface area (Å²) in [5.41, 5.74) is -0.799. The van der Waals surface area contributed by atoms with Crippen LogP contribution in [0.4, 0.5) is 13.2 Å². The molecule has 0 spiro atoms. The number of aromatic nitrogens is 3. The van der Waals surface area contributed by atoms with Gasteiger partial charge in [0.15, 0.2) is 6.10 Å². The standard InChI is InChI=1S/C22H18F3N3O5S2/c1-3-32-21(31)11(2)33-19(29)7-15-13-9-34-10-14(13)20(30)28(27-15)8-18-26-16-6-12(22(23,24)25)4-5-17(16)35-18/h4-6,9-11H,3,7-8H2,1-2H3/t11-/m0/s1. The number of hydrogen-bond donors (Lipinski definition) is 0. The zero-order valence-electron chi connectivity index (χ0n) is 18.4. The van der Waals surface area contributed by atoms with Gasteiger partial charge in [-0.05, 0) is 32.0 Å². The van der Waals surface area contributed by atoms with Gasteiger partial charge in [-0.25, -0.2) is 14.5 Å². The SMILES string of the molecule is CCOC(=O)[C@H](C)OC(=O)Cc1nn(Cc2nc3cc(C(F)(F)F)ccc3s2)c(=O)c2cscc12. The van der Waals surface area contributed by atoms with E-state index in [9.17, 15) is 27.6 Å². The van der Waals surface area contributed by atoms with Crippen LogP contribution in [0.1, 0.15) is 30.1 Å². The highest BCUT2D eigenvalue weighted by molar-refractivity contribution is 7.18. The number of ether oxygens (including phenoxy) is 2. The van der Waals surface area contributed by atoms with E-state index >= 15 is 0 Å². The molecule has 0 saturated heterocycles. The van der Waals surface area contributed by atoms with Crippen LogP contribution in [0.5, 0.6) is 0 Å². The second kappa shape index (κ2) is 9.74. The van der Waals surface area contributed by atoms with Gasteiger partial charge in [-0.2, -0.15) is 29.6 Å². The Morgan fingerprint density at radius 2 is 1.94 bits per heavy atom. The Labute approximate surface area is 203 Å². The first-order valence-corrected chi connectivity index (χ1v) is 12.1. The second-order valence-corrected chi connectivity index (χ2v) is 9.32. The van der Waals surface area contributed by atoms with E-state index in [1.54, 1.807) is 17.7 Å². The fourth-order valence-electron chi connectivity index (χ4n) is 3.34. The van der Waals surface area contributed by atoms with Gasteiger partial charge in [-0.3, -0.25) is 9.59 Å². The molecule has 0 radical (unpaired) electrons. The van der Waals surface area contributed by atoms with E-state index in [0.29, 0.717) is 20.5 Å². The molecule has 13 heteroatoms. The first kappa shape index (κ1) is 24.8. The molecule has 1 atom stereocenters. The highest BCUT2D eigenvalue weighted by Gasteiger charge is 2.31. The first-order valence-electron chi connectivity index (χ1n) is 10.4. The smallest absolute Gasteiger partial charge is 0.416 e. The summed E-state index contributed by atoms with van der Waals surface area (Å²) < 4.78 is 50.6. The molecule has 0 aliphatic carbocycles. The van der Waals surface area contributed by atoms with Crippen LogP contribution in [-0.4, -0.2) is 39.4 Å². The molecule has 0 aliphatic heterocycles. The molecule has 3 heterocycles. The Morgan fingerprint density at radius 3 is 2.66 bits per heavy atom. The van der Waals surface area contributed by atoms with Crippen molar-refractivity contribution in [3.05, 3.63) is 55.6 Å². The van der Waals surface area contributed by atoms with E-state index in [0.717, 1.165) is 28.2 Å². The summed E-state index contributed by atoms with van der Waals surface area (Å²) >= 11 is 2.40. The summed E-state index contributed by atoms with van der Waals surface area (Å²) in [6, 6.07) is 3.27. The fraction of sp³-hybridized carbons (Fsp3) is 0.318. The molecule has 0 amide bonds. The van der Waals surface area contributed by atoms with Crippen molar-refractivity contribution in [1.82, 2.24) is 14.8 Å². The summed E-state index contributed by atoms with van der Waals surface area (Å²) in [6.07, 6.45) is -5.89. The number of hydrogen-bond acceptors (Lipinski definition) is 9. The summed E-state index contributed by atoms with van der Waals surface area (Å²) in [6.45, 7) is 3.08. The minimum Gasteiger partial charge on any atom is -0.463 e. The van der Waals surface area contributed by atoms with Crippen molar-refractivity contribution in [2.45, 2.75) is 39.1 Å². The molecule has 0 aliphatic rings. The Balaban J connectivity index is 1.62. The molecule has 0 N–H and O–H groups in total. The predicted molar refractivity (Wildman–Crippen MR) is 123 cm³/mol. The lowest BCUT2D eigenvalue weighted by Crippen LogP contribution is -2.28. The summed E-state index contributed by atoms with van der Waals surface area (Å²) in [4.78, 5) is 41.3. The maximum absolute atomic E-state index is 13.0. The topological polar surface area (TPSA) is 100 Å². The van der Waals surface area contributed by atoms with Gasteiger partial charge in [0.1, 0.15) is 5.01 Å². The minimum atomic E-state index is -4.49. The average molecular weight is 526 g/mol. The van der Waals surface area contributed by atoms with Gasteiger partial charge in [0.2, 0.25) is 0 Å². The average Bonchev–Trinajstić information content (AvgIpc) is 3.43. The van der Waals surface area contributed by atoms with Crippen molar-refractivity contribution >= 4 is 55.6 Å². The van der Waals surface area contributed by atoms with Gasteiger partial charge in [0, 0.05) is 16.1 Å². The number of fused-ring (bicyclic) bond motifs is 2. The minimum absolute atomic E-state index is 0.0907. The third-order valence-electron chi connectivity index (χ3n) is 4.96. The van der Waals surface area contributed by atoms with Crippen molar-refractivity contribution in [3.8, 4) is 0 Å². The number of carbonyl (C=O) groups is 2. The van der Waals surface area contributed by atoms with Gasteiger partial charge in [-0.15, -0.1) is 11.3 Å². The zero-order chi connectivity index (χ0) is 25.3. The Bertz CT molecular complexity index is 1470. The lowest BCUT2D eigenvalue weighted by atomic mass is 10.2. The van der Waals surface area contributed by atoms with Crippen molar-refractivity contribution in [2.24, 2.45) is 0 Å². The number of nitrogens with zero attached hydrogens (tertiary/aromatic N) is 3. The predicted octanol–water partition coefficient (Wildman–Crippen LogP) is 4.17. The van der Waals surface area contributed by atoms with Crippen LogP contribution in [0.15, 0.2) is 33.8 Å². The molecule has 0 unspecified atom stereocenters. The molecule has 184 valence electrons. The van der Waals surface area contributed by atoms with Gasteiger partial charge in [0.25, 0.3) is 5.56 Å². The molecule has 35 heavy (non-hydrogen) atoms. The van der Waals surface area contributed by atoms with Gasteiger partial charge >= 0.3 is 18.1 Å². The lowest BCUT2D eigenvalue weighted by Gasteiger charge is -2.12. The zero-order valence-corrected chi connectivity index (χ0v) is 20.1. The molecule has 4 aromatic rings. The summed E-state index contributed by atoms with van der Waals surface area (Å²) in [5, 5.41) is 8.82. The highest BCUT2D eigenvalue weighted by Crippen LogP contribution is 2.33. The molecule has 8 nitrogen and oxygen atoms in total. The van der Waals surface area contributed by atoms with E-state index < -0.39 is 35.3 Å². The monoisotopic (exact) mass is 525 g/mol. The van der Waals surface area contributed by atoms with Crippen LogP contribution in [0.25, 0.3) is 21.0 Å². The van der Waals surface area contributed by atoms with Gasteiger partial charge < -0.3 is 9.47 Å². The maximum Gasteiger partial charge on any atom is 0.416 e. The second-order valence-electron chi connectivity index (χ2n) is 7.46. The lowest BCUT2D eigenvalue weighted by molar-refractivity contribution is -0.165. The van der Waals surface area contributed by atoms with Crippen molar-refractivity contribution in [3.63, 3.8) is 0 Å². The van der Waals surface area contributed by atoms with Crippen molar-refractivity contribution in [1.29, 1.82) is 0 Å². The maximum atomic E-state index is 13.0. The number of thiazole rings is 1. The largest absolute Gasteiger partial charge is 0.463 e. The van der Waals surface area contributed by atoms with Crippen LogP contribution in [0.3, 0.4) is 0 Å². The van der Waals surface area contributed by atoms with E-state index in [2.05, 4.69) is 10.1 Å². The molecule has 3 aromatic heterocycles. The number of benzene rings is 1. The van der Waals surface area contributed by atoms with E-state index in [4.69, 9.17) is 9.47 Å². The van der Waals surface area contributed by atoms with Crippen molar-refractivity contribution in [2.75, 3.05) is 6.61 Å². The van der Waals surface area contributed by atoms with Crippen LogP contribution in [0.2, 0.25) is 0 Å². The fourth-order valence-corrected chi connectivity index (χ4v) is 5.10. The van der Waals surface area contributed by atoms with E-state index in [-0.39, 0.29) is 30.8 Å². The highest BCUT2D eigenvalue weighted by atomic mass is 32.1. The van der Waals surface area contributed by atoms with E-state index in [1.807, 2.05) is 0 Å². The van der Waals surface area contributed by atoms with E-state index in [1.165, 1.54) is 24.3 Å². The normalized spacial score (nSPS) is 12.7. The number of esters is 2. The molecule has 0 fully saturated rings.